The van der Waals surface area contributed by atoms with Crippen LogP contribution < -0.4 is 9.47 Å². The van der Waals surface area contributed by atoms with Crippen molar-refractivity contribution in [2.24, 2.45) is 0 Å². The summed E-state index contributed by atoms with van der Waals surface area (Å²) in [6, 6.07) is 4.33. The zero-order valence-corrected chi connectivity index (χ0v) is 15.7. The van der Waals surface area contributed by atoms with E-state index in [1.807, 2.05) is 4.90 Å². The Morgan fingerprint density at radius 1 is 1.08 bits per heavy atom. The number of piperidine rings is 1. The van der Waals surface area contributed by atoms with Crippen molar-refractivity contribution in [2.45, 2.75) is 37.8 Å². The fourth-order valence-corrected chi connectivity index (χ4v) is 4.43. The number of rotatable bonds is 3. The normalized spacial score (nSPS) is 26.0. The van der Waals surface area contributed by atoms with Gasteiger partial charge in [0.15, 0.2) is 11.5 Å². The molecule has 6 heteroatoms. The van der Waals surface area contributed by atoms with Crippen LogP contribution in [0, 0.1) is 0 Å². The number of hydrogen-bond donors (Lipinski definition) is 0. The molecule has 142 valence electrons. The van der Waals surface area contributed by atoms with Crippen LogP contribution in [0.2, 0.25) is 0 Å². The topological polar surface area (TPSA) is 51.2 Å². The van der Waals surface area contributed by atoms with E-state index in [9.17, 15) is 4.79 Å². The Kier molecular flexibility index (Phi) is 5.05. The molecule has 1 aromatic carbocycles. The molecule has 1 aromatic rings. The molecular formula is C20H28N2O4. The molecule has 0 N–H and O–H groups in total. The van der Waals surface area contributed by atoms with Gasteiger partial charge < -0.3 is 19.1 Å². The van der Waals surface area contributed by atoms with Crippen molar-refractivity contribution in [1.82, 2.24) is 9.80 Å². The third-order valence-electron chi connectivity index (χ3n) is 5.91. The van der Waals surface area contributed by atoms with Crippen molar-refractivity contribution in [3.8, 4) is 11.5 Å². The largest absolute Gasteiger partial charge is 0.493 e. The van der Waals surface area contributed by atoms with Gasteiger partial charge >= 0.3 is 0 Å². The van der Waals surface area contributed by atoms with Crippen LogP contribution in [0.1, 0.15) is 36.4 Å². The van der Waals surface area contributed by atoms with Gasteiger partial charge in [0.2, 0.25) is 0 Å². The Morgan fingerprint density at radius 2 is 1.81 bits per heavy atom. The molecule has 0 radical (unpaired) electrons. The Morgan fingerprint density at radius 3 is 2.54 bits per heavy atom. The third-order valence-corrected chi connectivity index (χ3v) is 5.91. The van der Waals surface area contributed by atoms with Gasteiger partial charge in [0, 0.05) is 26.2 Å². The summed E-state index contributed by atoms with van der Waals surface area (Å²) in [6.45, 7) is 3.92. The second kappa shape index (κ2) is 7.45. The molecule has 6 nitrogen and oxygen atoms in total. The number of ether oxygens (including phenoxy) is 3. The van der Waals surface area contributed by atoms with Gasteiger partial charge in [-0.25, -0.2) is 0 Å². The summed E-state index contributed by atoms with van der Waals surface area (Å²) in [6.07, 6.45) is 4.08. The van der Waals surface area contributed by atoms with Gasteiger partial charge in [-0.3, -0.25) is 9.69 Å². The van der Waals surface area contributed by atoms with Gasteiger partial charge in [0.05, 0.1) is 26.9 Å². The number of methoxy groups -OCH3 is 2. The van der Waals surface area contributed by atoms with E-state index in [1.165, 1.54) is 17.5 Å². The predicted molar refractivity (Wildman–Crippen MR) is 97.7 cm³/mol. The van der Waals surface area contributed by atoms with Crippen LogP contribution in [-0.4, -0.2) is 68.8 Å². The number of hydrogen-bond acceptors (Lipinski definition) is 5. The first-order chi connectivity index (χ1) is 12.7. The second-order valence-corrected chi connectivity index (χ2v) is 7.37. The Hall–Kier alpha value is -1.79. The van der Waals surface area contributed by atoms with Crippen molar-refractivity contribution < 1.29 is 19.0 Å². The molecule has 3 aliphatic heterocycles. The smallest absolute Gasteiger partial charge is 0.253 e. The summed E-state index contributed by atoms with van der Waals surface area (Å²) in [5.74, 6) is 1.69. The van der Waals surface area contributed by atoms with Gasteiger partial charge in [0.1, 0.15) is 6.10 Å². The molecule has 2 atom stereocenters. The average molecular weight is 360 g/mol. The van der Waals surface area contributed by atoms with Crippen molar-refractivity contribution >= 4 is 5.91 Å². The summed E-state index contributed by atoms with van der Waals surface area (Å²) >= 11 is 0. The Bertz CT molecular complexity index is 672. The van der Waals surface area contributed by atoms with Crippen LogP contribution in [0.4, 0.5) is 0 Å². The van der Waals surface area contributed by atoms with E-state index >= 15 is 0 Å². The van der Waals surface area contributed by atoms with E-state index < -0.39 is 0 Å². The maximum atomic E-state index is 12.8. The van der Waals surface area contributed by atoms with Crippen LogP contribution in [-0.2, 0) is 16.0 Å². The molecule has 0 aromatic heterocycles. The highest BCUT2D eigenvalue weighted by molar-refractivity contribution is 5.81. The maximum Gasteiger partial charge on any atom is 0.253 e. The van der Waals surface area contributed by atoms with E-state index in [2.05, 4.69) is 17.0 Å². The first kappa shape index (κ1) is 17.6. The molecule has 3 aliphatic rings. The molecule has 26 heavy (non-hydrogen) atoms. The SMILES string of the molecule is COc1cc2c(cc1OC)[C@H]1CO[C@@H](C(=O)N3CCCCC3)CN1CC2. The number of nitrogens with zero attached hydrogens (tertiary/aromatic N) is 2. The molecule has 4 rings (SSSR count). The number of morpholine rings is 1. The molecule has 1 amide bonds. The lowest BCUT2D eigenvalue weighted by Gasteiger charge is -2.44. The molecule has 0 aliphatic carbocycles. The van der Waals surface area contributed by atoms with Gasteiger partial charge in [0.25, 0.3) is 5.91 Å². The molecule has 0 spiro atoms. The average Bonchev–Trinajstić information content (AvgIpc) is 2.72. The minimum absolute atomic E-state index is 0.168. The number of amides is 1. The van der Waals surface area contributed by atoms with E-state index in [1.54, 1.807) is 14.2 Å². The van der Waals surface area contributed by atoms with Gasteiger partial charge in [-0.1, -0.05) is 0 Å². The lowest BCUT2D eigenvalue weighted by molar-refractivity contribution is -0.154. The molecule has 0 unspecified atom stereocenters. The molecule has 2 fully saturated rings. The van der Waals surface area contributed by atoms with Crippen LogP contribution in [0.25, 0.3) is 0 Å². The monoisotopic (exact) mass is 360 g/mol. The minimum atomic E-state index is -0.328. The number of benzene rings is 1. The summed E-state index contributed by atoms with van der Waals surface area (Å²) in [4.78, 5) is 17.2. The first-order valence-corrected chi connectivity index (χ1v) is 9.60. The maximum absolute atomic E-state index is 12.8. The number of carbonyl (C=O) groups excluding carboxylic acids is 1. The minimum Gasteiger partial charge on any atom is -0.493 e. The predicted octanol–water partition coefficient (Wildman–Crippen LogP) is 2.01. The molecule has 3 heterocycles. The Labute approximate surface area is 155 Å². The molecule has 0 bridgehead atoms. The number of carbonyl (C=O) groups is 1. The number of likely N-dealkylation sites (tertiary alicyclic amines) is 1. The lowest BCUT2D eigenvalue weighted by Crippen LogP contribution is -2.54. The van der Waals surface area contributed by atoms with Gasteiger partial charge in [-0.15, -0.1) is 0 Å². The van der Waals surface area contributed by atoms with E-state index in [4.69, 9.17) is 14.2 Å². The van der Waals surface area contributed by atoms with Gasteiger partial charge in [-0.2, -0.15) is 0 Å². The molecule has 0 saturated carbocycles. The van der Waals surface area contributed by atoms with Crippen molar-refractivity contribution in [1.29, 1.82) is 0 Å². The highest BCUT2D eigenvalue weighted by atomic mass is 16.5. The van der Waals surface area contributed by atoms with E-state index in [0.717, 1.165) is 50.4 Å². The van der Waals surface area contributed by atoms with Crippen LogP contribution in [0.15, 0.2) is 12.1 Å². The summed E-state index contributed by atoms with van der Waals surface area (Å²) in [5, 5.41) is 0. The fraction of sp³-hybridized carbons (Fsp3) is 0.650. The summed E-state index contributed by atoms with van der Waals surface area (Å²) < 4.78 is 17.0. The third kappa shape index (κ3) is 3.16. The van der Waals surface area contributed by atoms with Crippen molar-refractivity contribution in [2.75, 3.05) is 47.0 Å². The summed E-state index contributed by atoms with van der Waals surface area (Å²) in [7, 11) is 3.33. The van der Waals surface area contributed by atoms with Crippen LogP contribution >= 0.6 is 0 Å². The standard InChI is InChI=1S/C20H28N2O4/c1-24-17-10-14-6-9-22-12-19(20(23)21-7-4-3-5-8-21)26-13-16(22)15(14)11-18(17)25-2/h10-11,16,19H,3-9,12-13H2,1-2H3/t16-,19-/m1/s1. The first-order valence-electron chi connectivity index (χ1n) is 9.60. The van der Waals surface area contributed by atoms with Crippen molar-refractivity contribution in [3.63, 3.8) is 0 Å². The fourth-order valence-electron chi connectivity index (χ4n) is 4.43. The Balaban J connectivity index is 1.50. The van der Waals surface area contributed by atoms with E-state index in [-0.39, 0.29) is 18.1 Å². The van der Waals surface area contributed by atoms with E-state index in [0.29, 0.717) is 13.2 Å². The van der Waals surface area contributed by atoms with Crippen LogP contribution in [0.3, 0.4) is 0 Å². The molecule has 2 saturated heterocycles. The highest BCUT2D eigenvalue weighted by Gasteiger charge is 2.38. The molecular weight excluding hydrogens is 332 g/mol. The van der Waals surface area contributed by atoms with Gasteiger partial charge in [-0.05, 0) is 48.9 Å². The quantitative estimate of drug-likeness (QED) is 0.825. The lowest BCUT2D eigenvalue weighted by atomic mass is 9.91. The number of fused-ring (bicyclic) bond motifs is 3. The summed E-state index contributed by atoms with van der Waals surface area (Å²) in [5.41, 5.74) is 2.52. The van der Waals surface area contributed by atoms with Crippen molar-refractivity contribution in [3.05, 3.63) is 23.3 Å². The van der Waals surface area contributed by atoms with Crippen LogP contribution in [0.5, 0.6) is 11.5 Å². The second-order valence-electron chi connectivity index (χ2n) is 7.37. The highest BCUT2D eigenvalue weighted by Crippen LogP contribution is 2.39. The zero-order valence-electron chi connectivity index (χ0n) is 15.7. The zero-order chi connectivity index (χ0) is 18.1.